The number of hydrogen-bond donors (Lipinski definition) is 1. The minimum atomic E-state index is -0.0679. The number of benzene rings is 2. The van der Waals surface area contributed by atoms with Crippen molar-refractivity contribution < 1.29 is 9.69 Å². The Morgan fingerprint density at radius 2 is 1.32 bits per heavy atom. The summed E-state index contributed by atoms with van der Waals surface area (Å²) in [6.45, 7) is 2.19. The molecule has 1 saturated heterocycles. The second-order valence-corrected chi connectivity index (χ2v) is 6.15. The molecule has 1 aliphatic heterocycles. The Labute approximate surface area is 132 Å². The van der Waals surface area contributed by atoms with Crippen LogP contribution in [0.25, 0.3) is 0 Å². The predicted octanol–water partition coefficient (Wildman–Crippen LogP) is 3.07. The number of likely N-dealkylation sites (tertiary alicyclic amines) is 1. The van der Waals surface area contributed by atoms with Gasteiger partial charge in [0, 0.05) is 11.1 Å². The van der Waals surface area contributed by atoms with Crippen molar-refractivity contribution in [2.24, 2.45) is 0 Å². The molecule has 1 heterocycles. The van der Waals surface area contributed by atoms with E-state index in [1.807, 2.05) is 48.5 Å². The quantitative estimate of drug-likeness (QED) is 0.860. The van der Waals surface area contributed by atoms with Crippen molar-refractivity contribution in [3.8, 4) is 0 Å². The highest BCUT2D eigenvalue weighted by molar-refractivity contribution is 5.99. The third kappa shape index (κ3) is 3.45. The molecular weight excluding hydrogens is 270 g/mol. The van der Waals surface area contributed by atoms with E-state index in [2.05, 4.69) is 12.1 Å². The van der Waals surface area contributed by atoms with Gasteiger partial charge >= 0.3 is 0 Å². The molecule has 0 bridgehead atoms. The Kier molecular flexibility index (Phi) is 5.02. The molecule has 1 N–H and O–H groups in total. The molecule has 0 radical (unpaired) electrons. The molecule has 0 spiro atoms. The summed E-state index contributed by atoms with van der Waals surface area (Å²) < 4.78 is 0. The molecule has 22 heavy (non-hydrogen) atoms. The molecule has 1 atom stereocenters. The molecule has 0 aliphatic carbocycles. The lowest BCUT2D eigenvalue weighted by atomic mass is 9.95. The molecule has 114 valence electrons. The van der Waals surface area contributed by atoms with E-state index in [4.69, 9.17) is 0 Å². The first-order valence-corrected chi connectivity index (χ1v) is 8.35. The Balaban J connectivity index is 1.94. The van der Waals surface area contributed by atoms with Crippen molar-refractivity contribution in [3.63, 3.8) is 0 Å². The summed E-state index contributed by atoms with van der Waals surface area (Å²) in [6, 6.07) is 20.0. The lowest BCUT2D eigenvalue weighted by Gasteiger charge is -2.27. The maximum absolute atomic E-state index is 13.1. The molecular formula is C20H24NO+. The van der Waals surface area contributed by atoms with Crippen LogP contribution in [-0.4, -0.2) is 18.9 Å². The zero-order chi connectivity index (χ0) is 15.2. The highest BCUT2D eigenvalue weighted by Crippen LogP contribution is 2.17. The molecule has 0 unspecified atom stereocenters. The van der Waals surface area contributed by atoms with E-state index in [0.29, 0.717) is 0 Å². The lowest BCUT2D eigenvalue weighted by Crippen LogP contribution is -3.13. The summed E-state index contributed by atoms with van der Waals surface area (Å²) in [5.74, 6) is 0.253. The summed E-state index contributed by atoms with van der Waals surface area (Å²) in [7, 11) is 0. The number of hydrogen-bond acceptors (Lipinski definition) is 1. The normalized spacial score (nSPS) is 17.6. The maximum Gasteiger partial charge on any atom is 0.224 e. The molecule has 2 aromatic carbocycles. The monoisotopic (exact) mass is 294 g/mol. The maximum atomic E-state index is 13.1. The molecule has 3 rings (SSSR count). The summed E-state index contributed by atoms with van der Waals surface area (Å²) in [5.41, 5.74) is 1.97. The number of carbonyl (C=O) groups excluding carboxylic acids is 1. The van der Waals surface area contributed by atoms with Crippen LogP contribution in [0.15, 0.2) is 60.7 Å². The van der Waals surface area contributed by atoms with Gasteiger partial charge in [0.15, 0.2) is 6.04 Å². The van der Waals surface area contributed by atoms with Crippen LogP contribution in [0, 0.1) is 0 Å². The highest BCUT2D eigenvalue weighted by atomic mass is 16.1. The number of nitrogens with one attached hydrogen (secondary N) is 1. The van der Waals surface area contributed by atoms with Crippen LogP contribution >= 0.6 is 0 Å². The smallest absolute Gasteiger partial charge is 0.224 e. The van der Waals surface area contributed by atoms with Gasteiger partial charge in [-0.15, -0.1) is 0 Å². The van der Waals surface area contributed by atoms with Crippen molar-refractivity contribution in [2.75, 3.05) is 13.1 Å². The van der Waals surface area contributed by atoms with Gasteiger partial charge in [0.2, 0.25) is 5.78 Å². The molecule has 1 aliphatic rings. The van der Waals surface area contributed by atoms with Crippen molar-refractivity contribution in [3.05, 3.63) is 71.8 Å². The van der Waals surface area contributed by atoms with Gasteiger partial charge in [-0.2, -0.15) is 0 Å². The summed E-state index contributed by atoms with van der Waals surface area (Å²) in [4.78, 5) is 14.6. The summed E-state index contributed by atoms with van der Waals surface area (Å²) in [6.07, 6.45) is 5.04. The van der Waals surface area contributed by atoms with Crippen LogP contribution in [0.3, 0.4) is 0 Å². The average Bonchev–Trinajstić information content (AvgIpc) is 2.86. The molecule has 2 heteroatoms. The third-order valence-electron chi connectivity index (χ3n) is 4.61. The van der Waals surface area contributed by atoms with Crippen LogP contribution in [0.1, 0.15) is 47.6 Å². The SMILES string of the molecule is O=C(c1ccccc1)[C@H](c1ccccc1)[NH+]1CCCCCC1. The molecule has 2 nitrogen and oxygen atoms in total. The molecule has 2 aromatic rings. The van der Waals surface area contributed by atoms with Gasteiger partial charge in [-0.25, -0.2) is 0 Å². The van der Waals surface area contributed by atoms with Crippen LogP contribution < -0.4 is 4.90 Å². The first kappa shape index (κ1) is 15.0. The summed E-state index contributed by atoms with van der Waals surface area (Å²) in [5, 5.41) is 0. The first-order valence-electron chi connectivity index (χ1n) is 8.35. The fourth-order valence-corrected chi connectivity index (χ4v) is 3.46. The predicted molar refractivity (Wildman–Crippen MR) is 89.1 cm³/mol. The Bertz CT molecular complexity index is 586. The van der Waals surface area contributed by atoms with Gasteiger partial charge in [0.25, 0.3) is 0 Å². The fraction of sp³-hybridized carbons (Fsp3) is 0.350. The second kappa shape index (κ2) is 7.37. The zero-order valence-corrected chi connectivity index (χ0v) is 13.0. The van der Waals surface area contributed by atoms with E-state index < -0.39 is 0 Å². The van der Waals surface area contributed by atoms with Crippen LogP contribution in [0.2, 0.25) is 0 Å². The van der Waals surface area contributed by atoms with Gasteiger partial charge in [-0.1, -0.05) is 60.7 Å². The van der Waals surface area contributed by atoms with Crippen LogP contribution in [-0.2, 0) is 0 Å². The standard InChI is InChI=1S/C20H23NO/c22-20(18-13-7-4-8-14-18)19(17-11-5-3-6-12-17)21-15-9-1-2-10-16-21/h3-8,11-14,19H,1-2,9-10,15-16H2/p+1/t19-/m0/s1. The molecule has 0 saturated carbocycles. The number of carbonyl (C=O) groups is 1. The fourth-order valence-electron chi connectivity index (χ4n) is 3.46. The van der Waals surface area contributed by atoms with E-state index in [0.717, 1.165) is 24.2 Å². The first-order chi connectivity index (χ1) is 10.9. The van der Waals surface area contributed by atoms with E-state index in [1.54, 1.807) is 0 Å². The van der Waals surface area contributed by atoms with Crippen molar-refractivity contribution in [2.45, 2.75) is 31.7 Å². The third-order valence-corrected chi connectivity index (χ3v) is 4.61. The van der Waals surface area contributed by atoms with Gasteiger partial charge in [-0.05, 0) is 25.7 Å². The number of rotatable bonds is 4. The van der Waals surface area contributed by atoms with E-state index in [9.17, 15) is 4.79 Å². The van der Waals surface area contributed by atoms with Gasteiger partial charge in [0.1, 0.15) is 0 Å². The van der Waals surface area contributed by atoms with E-state index >= 15 is 0 Å². The van der Waals surface area contributed by atoms with E-state index in [-0.39, 0.29) is 11.8 Å². The van der Waals surface area contributed by atoms with Gasteiger partial charge < -0.3 is 4.90 Å². The minimum absolute atomic E-state index is 0.0679. The van der Waals surface area contributed by atoms with Crippen molar-refractivity contribution in [1.29, 1.82) is 0 Å². The number of quaternary nitrogens is 1. The lowest BCUT2D eigenvalue weighted by molar-refractivity contribution is -0.920. The molecule has 0 aromatic heterocycles. The van der Waals surface area contributed by atoms with Gasteiger partial charge in [0.05, 0.1) is 13.1 Å². The van der Waals surface area contributed by atoms with Gasteiger partial charge in [-0.3, -0.25) is 4.79 Å². The molecule has 0 amide bonds. The second-order valence-electron chi connectivity index (χ2n) is 6.15. The largest absolute Gasteiger partial charge is 0.322 e. The topological polar surface area (TPSA) is 21.5 Å². The van der Waals surface area contributed by atoms with Crippen LogP contribution in [0.4, 0.5) is 0 Å². The minimum Gasteiger partial charge on any atom is -0.322 e. The van der Waals surface area contributed by atoms with Crippen molar-refractivity contribution >= 4 is 5.78 Å². The number of Topliss-reactive ketones (excluding diaryl/α,β-unsaturated/α-hetero) is 1. The number of ketones is 1. The average molecular weight is 294 g/mol. The Hall–Kier alpha value is -1.93. The Morgan fingerprint density at radius 1 is 0.773 bits per heavy atom. The Morgan fingerprint density at radius 3 is 1.91 bits per heavy atom. The highest BCUT2D eigenvalue weighted by Gasteiger charge is 2.32. The summed E-state index contributed by atoms with van der Waals surface area (Å²) >= 11 is 0. The van der Waals surface area contributed by atoms with Crippen molar-refractivity contribution in [1.82, 2.24) is 0 Å². The van der Waals surface area contributed by atoms with Crippen LogP contribution in [0.5, 0.6) is 0 Å². The molecule has 1 fully saturated rings. The van der Waals surface area contributed by atoms with E-state index in [1.165, 1.54) is 30.6 Å². The zero-order valence-electron chi connectivity index (χ0n) is 13.0.